The van der Waals surface area contributed by atoms with E-state index in [1.807, 2.05) is 0 Å². The summed E-state index contributed by atoms with van der Waals surface area (Å²) in [5.74, 6) is 1.13. The van der Waals surface area contributed by atoms with Crippen LogP contribution < -0.4 is 37.7 Å². The van der Waals surface area contributed by atoms with Crippen LogP contribution in [0.1, 0.15) is 65.5 Å². The molecule has 0 aliphatic rings. The minimum Gasteiger partial charge on any atom is -0.333 e. The van der Waals surface area contributed by atoms with Crippen LogP contribution in [-0.2, 0) is 10.8 Å². The summed E-state index contributed by atoms with van der Waals surface area (Å²) in [6.07, 6.45) is 2.30. The molecule has 0 amide bonds. The predicted octanol–water partition coefficient (Wildman–Crippen LogP) is -0.0296. The summed E-state index contributed by atoms with van der Waals surface area (Å²) in [5, 5.41) is 0. The van der Waals surface area contributed by atoms with Crippen molar-refractivity contribution in [2.75, 3.05) is 0 Å². The molecule has 0 heterocycles. The van der Waals surface area contributed by atoms with Crippen molar-refractivity contribution in [1.29, 1.82) is 0 Å². The van der Waals surface area contributed by atoms with E-state index < -0.39 is 0 Å². The second kappa shape index (κ2) is 9.65. The molecule has 0 N–H and O–H groups in total. The maximum absolute atomic E-state index is 4.48. The number of hydrogen-bond acceptors (Lipinski definition) is 0. The van der Waals surface area contributed by atoms with Gasteiger partial charge >= 0.3 is 37.7 Å². The van der Waals surface area contributed by atoms with Gasteiger partial charge in [0.2, 0.25) is 0 Å². The van der Waals surface area contributed by atoms with E-state index in [0.29, 0.717) is 11.8 Å². The Balaban J connectivity index is 0. The first kappa shape index (κ1) is 24.7. The molecule has 4 atom stereocenters. The van der Waals surface area contributed by atoms with Crippen LogP contribution in [0.25, 0.3) is 0 Å². The van der Waals surface area contributed by atoms with Gasteiger partial charge in [-0.05, 0) is 0 Å². The molecule has 0 saturated carbocycles. The molecule has 2 heteroatoms. The van der Waals surface area contributed by atoms with Crippen molar-refractivity contribution in [3.05, 3.63) is 49.2 Å². The van der Waals surface area contributed by atoms with Crippen molar-refractivity contribution in [2.24, 2.45) is 11.8 Å². The summed E-state index contributed by atoms with van der Waals surface area (Å²) >= 11 is 0. The Morgan fingerprint density at radius 3 is 1.45 bits per heavy atom. The van der Waals surface area contributed by atoms with Crippen LogP contribution >= 0.6 is 0 Å². The molecule has 1 rings (SSSR count). The van der Waals surface area contributed by atoms with Crippen LogP contribution in [0.2, 0.25) is 0 Å². The van der Waals surface area contributed by atoms with Crippen molar-refractivity contribution in [3.63, 3.8) is 0 Å². The Bertz CT molecular complexity index is 398. The van der Waals surface area contributed by atoms with Gasteiger partial charge in [0.05, 0.1) is 0 Å². The van der Waals surface area contributed by atoms with Crippen LogP contribution in [0.4, 0.5) is 0 Å². The van der Waals surface area contributed by atoms with Crippen LogP contribution in [0.3, 0.4) is 0 Å². The fourth-order valence-corrected chi connectivity index (χ4v) is 2.70. The molecule has 0 radical (unpaired) electrons. The minimum absolute atomic E-state index is 0. The van der Waals surface area contributed by atoms with Crippen LogP contribution in [0.15, 0.2) is 24.3 Å². The van der Waals surface area contributed by atoms with Crippen LogP contribution in [0.5, 0.6) is 0 Å². The summed E-state index contributed by atoms with van der Waals surface area (Å²) < 4.78 is 0. The van der Waals surface area contributed by atoms with Gasteiger partial charge in [-0.15, -0.1) is 10.8 Å². The van der Waals surface area contributed by atoms with Gasteiger partial charge in [-0.2, -0.15) is 0 Å². The standard InChI is InChI=1S/C20H32.2Li/c1-9-15(3)19(5,6)17-12-11-13-18(14-17)20(7,8)16(4)10-2;;/h11-16H,5,7,9-10H2,1-4,6,8H3;;/q-2;2*+1. The molecule has 1 aromatic carbocycles. The molecule has 0 spiro atoms. The molecule has 0 aromatic heterocycles. The fraction of sp³-hybridized carbons (Fsp3) is 0.600. The first-order chi connectivity index (χ1) is 9.17. The summed E-state index contributed by atoms with van der Waals surface area (Å²) in [7, 11) is 0. The first-order valence-electron chi connectivity index (χ1n) is 7.99. The van der Waals surface area contributed by atoms with Gasteiger partial charge in [-0.3, -0.25) is 0 Å². The molecular formula is C20H32Li2. The Morgan fingerprint density at radius 1 is 0.864 bits per heavy atom. The van der Waals surface area contributed by atoms with Crippen molar-refractivity contribution in [1.82, 2.24) is 0 Å². The van der Waals surface area contributed by atoms with E-state index in [2.05, 4.69) is 79.7 Å². The molecule has 0 aliphatic carbocycles. The maximum Gasteiger partial charge on any atom is 1.00 e. The van der Waals surface area contributed by atoms with Crippen molar-refractivity contribution in [2.45, 2.75) is 65.2 Å². The minimum atomic E-state index is -0.0315. The Kier molecular flexibility index (Phi) is 10.8. The Hall–Kier alpha value is 0.415. The van der Waals surface area contributed by atoms with Gasteiger partial charge in [0.15, 0.2) is 0 Å². The van der Waals surface area contributed by atoms with Crippen molar-refractivity contribution in [3.8, 4) is 0 Å². The molecule has 1 aromatic rings. The van der Waals surface area contributed by atoms with E-state index in [0.717, 1.165) is 12.8 Å². The number of rotatable bonds is 6. The van der Waals surface area contributed by atoms with E-state index in [9.17, 15) is 0 Å². The third-order valence-corrected chi connectivity index (χ3v) is 5.58. The smallest absolute Gasteiger partial charge is 0.333 e. The molecule has 114 valence electrons. The van der Waals surface area contributed by atoms with E-state index in [4.69, 9.17) is 0 Å². The van der Waals surface area contributed by atoms with Gasteiger partial charge in [0.1, 0.15) is 0 Å². The second-order valence-corrected chi connectivity index (χ2v) is 7.03. The maximum atomic E-state index is 4.48. The molecule has 0 aliphatic heterocycles. The zero-order valence-corrected chi connectivity index (χ0v) is 16.3. The Morgan fingerprint density at radius 2 is 1.18 bits per heavy atom. The average Bonchev–Trinajstić information content (AvgIpc) is 2.45. The van der Waals surface area contributed by atoms with E-state index >= 15 is 0 Å². The SMILES string of the molecule is [CH2-]C(C)(c1cccc(C([CH2-])(C)C(C)CC)c1)C(C)CC.[Li+].[Li+]. The molecular weight excluding hydrogens is 254 g/mol. The average molecular weight is 286 g/mol. The molecule has 0 nitrogen and oxygen atoms in total. The van der Waals surface area contributed by atoms with Gasteiger partial charge in [-0.25, -0.2) is 0 Å². The van der Waals surface area contributed by atoms with Gasteiger partial charge in [0, 0.05) is 0 Å². The predicted molar refractivity (Wildman–Crippen MR) is 90.8 cm³/mol. The molecule has 22 heavy (non-hydrogen) atoms. The number of benzene rings is 1. The zero-order valence-electron chi connectivity index (χ0n) is 16.3. The van der Waals surface area contributed by atoms with Gasteiger partial charge in [0.25, 0.3) is 0 Å². The summed E-state index contributed by atoms with van der Waals surface area (Å²) in [4.78, 5) is 0. The third-order valence-electron chi connectivity index (χ3n) is 5.58. The Labute approximate surface area is 163 Å². The van der Waals surface area contributed by atoms with Crippen LogP contribution in [-0.4, -0.2) is 0 Å². The van der Waals surface area contributed by atoms with Crippen molar-refractivity contribution >= 4 is 0 Å². The fourth-order valence-electron chi connectivity index (χ4n) is 2.70. The van der Waals surface area contributed by atoms with Gasteiger partial charge in [-0.1, -0.05) is 102 Å². The quantitative estimate of drug-likeness (QED) is 0.509. The summed E-state index contributed by atoms with van der Waals surface area (Å²) in [6.45, 7) is 22.5. The topological polar surface area (TPSA) is 0 Å². The number of hydrogen-bond donors (Lipinski definition) is 0. The molecule has 0 bridgehead atoms. The molecule has 0 fully saturated rings. The summed E-state index contributed by atoms with van der Waals surface area (Å²) in [6, 6.07) is 8.94. The monoisotopic (exact) mass is 286 g/mol. The van der Waals surface area contributed by atoms with Crippen LogP contribution in [0, 0.1) is 25.7 Å². The molecule has 0 saturated heterocycles. The third kappa shape index (κ3) is 5.21. The summed E-state index contributed by atoms with van der Waals surface area (Å²) in [5.41, 5.74) is 2.61. The zero-order chi connectivity index (χ0) is 15.6. The largest absolute Gasteiger partial charge is 1.00 e. The normalized spacial score (nSPS) is 18.9. The van der Waals surface area contributed by atoms with E-state index in [1.165, 1.54) is 11.1 Å². The molecule has 4 unspecified atom stereocenters. The van der Waals surface area contributed by atoms with E-state index in [1.54, 1.807) is 0 Å². The van der Waals surface area contributed by atoms with E-state index in [-0.39, 0.29) is 48.6 Å². The van der Waals surface area contributed by atoms with Gasteiger partial charge < -0.3 is 13.8 Å². The first-order valence-corrected chi connectivity index (χ1v) is 7.99. The second-order valence-electron chi connectivity index (χ2n) is 7.03. The van der Waals surface area contributed by atoms with Crippen molar-refractivity contribution < 1.29 is 37.7 Å².